The van der Waals surface area contributed by atoms with Crippen LogP contribution in [0.3, 0.4) is 0 Å². The number of anilines is 1. The highest BCUT2D eigenvalue weighted by Gasteiger charge is 2.08. The normalized spacial score (nSPS) is 10.1. The van der Waals surface area contributed by atoms with Gasteiger partial charge in [0.2, 0.25) is 0 Å². The van der Waals surface area contributed by atoms with Crippen molar-refractivity contribution in [1.29, 1.82) is 0 Å². The van der Waals surface area contributed by atoms with Gasteiger partial charge in [-0.05, 0) is 24.3 Å². The Labute approximate surface area is 110 Å². The Morgan fingerprint density at radius 2 is 1.94 bits per heavy atom. The summed E-state index contributed by atoms with van der Waals surface area (Å²) in [7, 11) is 0. The maximum atomic E-state index is 11.9. The van der Waals surface area contributed by atoms with Crippen LogP contribution in [0.1, 0.15) is 10.4 Å². The van der Waals surface area contributed by atoms with Gasteiger partial charge < -0.3 is 10.5 Å². The molecule has 0 unspecified atom stereocenters. The highest BCUT2D eigenvalue weighted by Crippen LogP contribution is 2.23. The second kappa shape index (κ2) is 5.56. The zero-order valence-electron chi connectivity index (χ0n) is 9.60. The van der Waals surface area contributed by atoms with Crippen molar-refractivity contribution in [3.63, 3.8) is 0 Å². The Morgan fingerprint density at radius 1 is 1.17 bits per heavy atom. The summed E-state index contributed by atoms with van der Waals surface area (Å²) < 4.78 is 5.37. The van der Waals surface area contributed by atoms with Crippen LogP contribution in [0.2, 0.25) is 5.02 Å². The summed E-state index contributed by atoms with van der Waals surface area (Å²) in [6.07, 6.45) is 0. The highest BCUT2D eigenvalue weighted by molar-refractivity contribution is 6.32. The number of carbonyl (C=O) groups excluding carboxylic acids is 1. The minimum atomic E-state index is -0.137. The smallest absolute Gasteiger partial charge is 0.200 e. The lowest BCUT2D eigenvalue weighted by molar-refractivity contribution is 0.0921. The van der Waals surface area contributed by atoms with Crippen LogP contribution in [0.5, 0.6) is 5.75 Å². The molecule has 18 heavy (non-hydrogen) atoms. The van der Waals surface area contributed by atoms with Crippen molar-refractivity contribution in [2.45, 2.75) is 0 Å². The number of hydrogen-bond donors (Lipinski definition) is 1. The Bertz CT molecular complexity index is 569. The minimum Gasteiger partial charge on any atom is -0.484 e. The van der Waals surface area contributed by atoms with Gasteiger partial charge in [-0.25, -0.2) is 0 Å². The molecule has 0 atom stereocenters. The number of nitrogens with two attached hydrogens (primary N) is 1. The van der Waals surface area contributed by atoms with Gasteiger partial charge in [0, 0.05) is 11.3 Å². The van der Waals surface area contributed by atoms with Crippen LogP contribution >= 0.6 is 11.6 Å². The summed E-state index contributed by atoms with van der Waals surface area (Å²) in [5, 5.41) is 0.484. The third-order valence-electron chi connectivity index (χ3n) is 2.40. The van der Waals surface area contributed by atoms with Gasteiger partial charge in [-0.1, -0.05) is 35.9 Å². The average molecular weight is 262 g/mol. The lowest BCUT2D eigenvalue weighted by atomic mass is 10.1. The van der Waals surface area contributed by atoms with Gasteiger partial charge in [-0.3, -0.25) is 4.79 Å². The molecule has 0 aliphatic heterocycles. The van der Waals surface area contributed by atoms with E-state index in [0.717, 1.165) is 0 Å². The number of para-hydroxylation sites is 1. The molecule has 0 aliphatic carbocycles. The molecule has 2 N–H and O–H groups in total. The van der Waals surface area contributed by atoms with E-state index in [1.54, 1.807) is 48.5 Å². The molecule has 0 fully saturated rings. The topological polar surface area (TPSA) is 52.3 Å². The monoisotopic (exact) mass is 261 g/mol. The average Bonchev–Trinajstić information content (AvgIpc) is 2.37. The van der Waals surface area contributed by atoms with Crippen molar-refractivity contribution < 1.29 is 9.53 Å². The van der Waals surface area contributed by atoms with Gasteiger partial charge in [0.1, 0.15) is 5.75 Å². The number of halogens is 1. The molecule has 0 heterocycles. The predicted octanol–water partition coefficient (Wildman–Crippen LogP) is 3.18. The minimum absolute atomic E-state index is 0.0623. The van der Waals surface area contributed by atoms with Crippen LogP contribution < -0.4 is 10.5 Å². The van der Waals surface area contributed by atoms with Crippen molar-refractivity contribution in [2.24, 2.45) is 0 Å². The van der Waals surface area contributed by atoms with E-state index in [4.69, 9.17) is 22.1 Å². The summed E-state index contributed by atoms with van der Waals surface area (Å²) in [5.74, 6) is 0.360. The summed E-state index contributed by atoms with van der Waals surface area (Å²) in [4.78, 5) is 11.9. The van der Waals surface area contributed by atoms with Crippen LogP contribution in [0, 0.1) is 0 Å². The molecule has 2 aromatic rings. The van der Waals surface area contributed by atoms with E-state index in [1.165, 1.54) is 0 Å². The third-order valence-corrected chi connectivity index (χ3v) is 2.72. The van der Waals surface area contributed by atoms with E-state index in [-0.39, 0.29) is 12.4 Å². The third kappa shape index (κ3) is 3.02. The van der Waals surface area contributed by atoms with Gasteiger partial charge >= 0.3 is 0 Å². The molecule has 0 saturated heterocycles. The number of carbonyl (C=O) groups is 1. The zero-order chi connectivity index (χ0) is 13.0. The standard InChI is InChI=1S/C14H12ClNO2/c15-12-6-1-2-7-14(12)18-9-13(17)10-4-3-5-11(16)8-10/h1-8H,9,16H2. The molecular formula is C14H12ClNO2. The van der Waals surface area contributed by atoms with Gasteiger partial charge in [0.05, 0.1) is 5.02 Å². The Kier molecular flexibility index (Phi) is 3.85. The molecular weight excluding hydrogens is 250 g/mol. The number of ether oxygens (including phenoxy) is 1. The fourth-order valence-corrected chi connectivity index (χ4v) is 1.69. The van der Waals surface area contributed by atoms with Crippen molar-refractivity contribution in [2.75, 3.05) is 12.3 Å². The Morgan fingerprint density at radius 3 is 2.67 bits per heavy atom. The van der Waals surface area contributed by atoms with E-state index in [9.17, 15) is 4.79 Å². The van der Waals surface area contributed by atoms with Crippen LogP contribution in [0.4, 0.5) is 5.69 Å². The Hall–Kier alpha value is -2.00. The molecule has 0 spiro atoms. The lowest BCUT2D eigenvalue weighted by Crippen LogP contribution is -2.12. The van der Waals surface area contributed by atoms with Crippen LogP contribution in [0.15, 0.2) is 48.5 Å². The second-order valence-corrected chi connectivity index (χ2v) is 4.17. The maximum Gasteiger partial charge on any atom is 0.200 e. The van der Waals surface area contributed by atoms with Crippen LogP contribution in [-0.4, -0.2) is 12.4 Å². The zero-order valence-corrected chi connectivity index (χ0v) is 10.4. The molecule has 92 valence electrons. The number of hydrogen-bond acceptors (Lipinski definition) is 3. The molecule has 0 radical (unpaired) electrons. The van der Waals surface area contributed by atoms with E-state index < -0.39 is 0 Å². The van der Waals surface area contributed by atoms with Gasteiger partial charge in [-0.15, -0.1) is 0 Å². The number of Topliss-reactive ketones (excluding diaryl/α,β-unsaturated/α-hetero) is 1. The highest BCUT2D eigenvalue weighted by atomic mass is 35.5. The molecule has 3 nitrogen and oxygen atoms in total. The second-order valence-electron chi connectivity index (χ2n) is 3.77. The van der Waals surface area contributed by atoms with E-state index >= 15 is 0 Å². The van der Waals surface area contributed by atoms with Crippen molar-refractivity contribution in [3.05, 3.63) is 59.1 Å². The first kappa shape index (κ1) is 12.5. The molecule has 0 saturated carbocycles. The first-order valence-corrected chi connectivity index (χ1v) is 5.80. The fraction of sp³-hybridized carbons (Fsp3) is 0.0714. The van der Waals surface area contributed by atoms with Gasteiger partial charge in [0.15, 0.2) is 12.4 Å². The van der Waals surface area contributed by atoms with Crippen molar-refractivity contribution in [1.82, 2.24) is 0 Å². The lowest BCUT2D eigenvalue weighted by Gasteiger charge is -2.07. The van der Waals surface area contributed by atoms with E-state index in [0.29, 0.717) is 22.0 Å². The summed E-state index contributed by atoms with van der Waals surface area (Å²) in [6, 6.07) is 13.8. The van der Waals surface area contributed by atoms with Gasteiger partial charge in [-0.2, -0.15) is 0 Å². The number of benzene rings is 2. The molecule has 0 aromatic heterocycles. The number of rotatable bonds is 4. The fourth-order valence-electron chi connectivity index (χ4n) is 1.50. The summed E-state index contributed by atoms with van der Waals surface area (Å²) >= 11 is 5.92. The first-order chi connectivity index (χ1) is 8.66. The van der Waals surface area contributed by atoms with Crippen LogP contribution in [0.25, 0.3) is 0 Å². The van der Waals surface area contributed by atoms with Crippen molar-refractivity contribution in [3.8, 4) is 5.75 Å². The maximum absolute atomic E-state index is 11.9. The first-order valence-electron chi connectivity index (χ1n) is 5.43. The molecule has 2 rings (SSSR count). The molecule has 0 aliphatic rings. The summed E-state index contributed by atoms with van der Waals surface area (Å²) in [6.45, 7) is -0.0623. The largest absolute Gasteiger partial charge is 0.484 e. The summed E-state index contributed by atoms with van der Waals surface area (Å²) in [5.41, 5.74) is 6.70. The van der Waals surface area contributed by atoms with Gasteiger partial charge in [0.25, 0.3) is 0 Å². The molecule has 4 heteroatoms. The van der Waals surface area contributed by atoms with E-state index in [1.807, 2.05) is 0 Å². The quantitative estimate of drug-likeness (QED) is 0.679. The number of nitrogen functional groups attached to an aromatic ring is 1. The van der Waals surface area contributed by atoms with Crippen LogP contribution in [-0.2, 0) is 0 Å². The molecule has 0 amide bonds. The van der Waals surface area contributed by atoms with Crippen molar-refractivity contribution >= 4 is 23.1 Å². The predicted molar refractivity (Wildman–Crippen MR) is 72.1 cm³/mol. The Balaban J connectivity index is 2.03. The molecule has 0 bridgehead atoms. The van der Waals surface area contributed by atoms with E-state index in [2.05, 4.69) is 0 Å². The number of ketones is 1. The SMILES string of the molecule is Nc1cccc(C(=O)COc2ccccc2Cl)c1. The molecule has 2 aromatic carbocycles.